The van der Waals surface area contributed by atoms with E-state index in [1.807, 2.05) is 17.5 Å². The number of carbonyl (C=O) groups is 3. The molecular weight excluding hydrogens is 320 g/mol. The average molecular weight is 336 g/mol. The van der Waals surface area contributed by atoms with E-state index in [4.69, 9.17) is 9.52 Å². The first-order valence-corrected chi connectivity index (χ1v) is 7.73. The van der Waals surface area contributed by atoms with Crippen LogP contribution in [0, 0.1) is 0 Å². The van der Waals surface area contributed by atoms with Gasteiger partial charge in [0.2, 0.25) is 17.6 Å². The van der Waals surface area contributed by atoms with Crippen LogP contribution in [-0.4, -0.2) is 22.9 Å². The van der Waals surface area contributed by atoms with E-state index >= 15 is 0 Å². The first-order valence-electron chi connectivity index (χ1n) is 6.85. The summed E-state index contributed by atoms with van der Waals surface area (Å²) in [7, 11) is 0. The molecule has 0 fully saturated rings. The normalized spacial score (nSPS) is 11.7. The summed E-state index contributed by atoms with van der Waals surface area (Å²) in [5.41, 5.74) is 0. The molecular formula is C15H16N2O5S. The second-order valence-electron chi connectivity index (χ2n) is 4.82. The first-order chi connectivity index (χ1) is 11.0. The Kier molecular flexibility index (Phi) is 5.53. The molecule has 1 atom stereocenters. The zero-order valence-corrected chi connectivity index (χ0v) is 13.2. The molecule has 7 nitrogen and oxygen atoms in total. The maximum absolute atomic E-state index is 12.0. The smallest absolute Gasteiger partial charge is 0.371 e. The second-order valence-corrected chi connectivity index (χ2v) is 5.80. The number of carboxylic acid groups (broad SMARTS) is 1. The number of amides is 2. The highest BCUT2D eigenvalue weighted by Crippen LogP contribution is 2.22. The summed E-state index contributed by atoms with van der Waals surface area (Å²) in [5.74, 6) is -1.48. The van der Waals surface area contributed by atoms with Crippen LogP contribution in [0.15, 0.2) is 34.1 Å². The maximum Gasteiger partial charge on any atom is 0.371 e. The Balaban J connectivity index is 1.91. The molecule has 1 unspecified atom stereocenters. The first kappa shape index (κ1) is 16.8. The minimum atomic E-state index is -1.16. The molecule has 2 amide bonds. The van der Waals surface area contributed by atoms with E-state index in [0.717, 1.165) is 4.88 Å². The Morgan fingerprint density at radius 3 is 2.65 bits per heavy atom. The van der Waals surface area contributed by atoms with E-state index in [1.165, 1.54) is 30.4 Å². The summed E-state index contributed by atoms with van der Waals surface area (Å²) in [6, 6.07) is 6.13. The number of nitrogens with one attached hydrogen (secondary N) is 2. The van der Waals surface area contributed by atoms with Crippen molar-refractivity contribution in [1.29, 1.82) is 0 Å². The van der Waals surface area contributed by atoms with E-state index in [0.29, 0.717) is 5.76 Å². The van der Waals surface area contributed by atoms with Crippen LogP contribution in [0.5, 0.6) is 0 Å². The highest BCUT2D eigenvalue weighted by molar-refractivity contribution is 7.10. The van der Waals surface area contributed by atoms with Crippen LogP contribution in [0.1, 0.15) is 40.6 Å². The zero-order valence-electron chi connectivity index (χ0n) is 12.4. The molecule has 0 aliphatic rings. The largest absolute Gasteiger partial charge is 0.475 e. The van der Waals surface area contributed by atoms with Crippen LogP contribution in [0.25, 0.3) is 0 Å². The van der Waals surface area contributed by atoms with Gasteiger partial charge in [0.15, 0.2) is 0 Å². The molecule has 3 N–H and O–H groups in total. The number of hydrogen-bond acceptors (Lipinski definition) is 5. The van der Waals surface area contributed by atoms with Gasteiger partial charge in [-0.15, -0.1) is 11.3 Å². The van der Waals surface area contributed by atoms with Crippen molar-refractivity contribution in [2.45, 2.75) is 25.9 Å². The van der Waals surface area contributed by atoms with Crippen LogP contribution < -0.4 is 10.6 Å². The van der Waals surface area contributed by atoms with Gasteiger partial charge in [0, 0.05) is 11.8 Å². The molecule has 0 aliphatic heterocycles. The van der Waals surface area contributed by atoms with E-state index in [9.17, 15) is 14.4 Å². The van der Waals surface area contributed by atoms with Gasteiger partial charge < -0.3 is 20.2 Å². The molecule has 0 saturated heterocycles. The fourth-order valence-electron chi connectivity index (χ4n) is 1.99. The number of thiophene rings is 1. The SMILES string of the molecule is CC(=O)NC(CC(=O)NCc1ccc(C(=O)O)o1)c1cccs1. The lowest BCUT2D eigenvalue weighted by atomic mass is 10.1. The fourth-order valence-corrected chi connectivity index (χ4v) is 2.77. The summed E-state index contributed by atoms with van der Waals surface area (Å²) in [6.07, 6.45) is 0.0899. The van der Waals surface area contributed by atoms with Gasteiger partial charge in [-0.2, -0.15) is 0 Å². The molecule has 2 rings (SSSR count). The number of rotatable bonds is 7. The summed E-state index contributed by atoms with van der Waals surface area (Å²) in [6.45, 7) is 1.48. The second kappa shape index (κ2) is 7.59. The van der Waals surface area contributed by atoms with Gasteiger partial charge in [-0.25, -0.2) is 4.79 Å². The van der Waals surface area contributed by atoms with Crippen molar-refractivity contribution in [1.82, 2.24) is 10.6 Å². The maximum atomic E-state index is 12.0. The molecule has 0 spiro atoms. The number of aromatic carboxylic acids is 1. The summed E-state index contributed by atoms with van der Waals surface area (Å²) in [5, 5.41) is 16.0. The van der Waals surface area contributed by atoms with Crippen molar-refractivity contribution in [3.8, 4) is 0 Å². The van der Waals surface area contributed by atoms with Gasteiger partial charge in [0.25, 0.3) is 0 Å². The van der Waals surface area contributed by atoms with Crippen LogP contribution in [0.2, 0.25) is 0 Å². The minimum absolute atomic E-state index is 0.0867. The molecule has 0 aromatic carbocycles. The molecule has 0 radical (unpaired) electrons. The lowest BCUT2D eigenvalue weighted by Crippen LogP contribution is -2.32. The number of furan rings is 1. The summed E-state index contributed by atoms with van der Waals surface area (Å²) in [4.78, 5) is 34.9. The highest BCUT2D eigenvalue weighted by Gasteiger charge is 2.18. The number of carboxylic acids is 1. The highest BCUT2D eigenvalue weighted by atomic mass is 32.1. The van der Waals surface area contributed by atoms with E-state index in [1.54, 1.807) is 0 Å². The van der Waals surface area contributed by atoms with E-state index in [-0.39, 0.29) is 30.5 Å². The minimum Gasteiger partial charge on any atom is -0.475 e. The van der Waals surface area contributed by atoms with Crippen molar-refractivity contribution in [3.63, 3.8) is 0 Å². The predicted octanol–water partition coefficient (Wildman–Crippen LogP) is 1.92. The van der Waals surface area contributed by atoms with Gasteiger partial charge >= 0.3 is 5.97 Å². The number of carbonyl (C=O) groups excluding carboxylic acids is 2. The lowest BCUT2D eigenvalue weighted by molar-refractivity contribution is -0.123. The van der Waals surface area contributed by atoms with Crippen LogP contribution >= 0.6 is 11.3 Å². The van der Waals surface area contributed by atoms with Crippen molar-refractivity contribution in [3.05, 3.63) is 46.0 Å². The Hall–Kier alpha value is -2.61. The molecule has 2 heterocycles. The van der Waals surface area contributed by atoms with Gasteiger partial charge in [-0.1, -0.05) is 6.07 Å². The van der Waals surface area contributed by atoms with Gasteiger partial charge in [-0.05, 0) is 23.6 Å². The summed E-state index contributed by atoms with van der Waals surface area (Å²) >= 11 is 1.46. The Morgan fingerprint density at radius 2 is 2.09 bits per heavy atom. The Morgan fingerprint density at radius 1 is 1.30 bits per heavy atom. The predicted molar refractivity (Wildman–Crippen MR) is 83.0 cm³/mol. The molecule has 122 valence electrons. The van der Waals surface area contributed by atoms with Crippen molar-refractivity contribution >= 4 is 29.1 Å². The van der Waals surface area contributed by atoms with Gasteiger partial charge in [-0.3, -0.25) is 9.59 Å². The van der Waals surface area contributed by atoms with Crippen molar-refractivity contribution < 1.29 is 23.9 Å². The third kappa shape index (κ3) is 4.96. The quantitative estimate of drug-likeness (QED) is 0.716. The molecule has 23 heavy (non-hydrogen) atoms. The topological polar surface area (TPSA) is 109 Å². The molecule has 8 heteroatoms. The van der Waals surface area contributed by atoms with Crippen molar-refractivity contribution in [2.24, 2.45) is 0 Å². The molecule has 0 aliphatic carbocycles. The van der Waals surface area contributed by atoms with E-state index in [2.05, 4.69) is 10.6 Å². The standard InChI is InChI=1S/C15H16N2O5S/c1-9(18)17-11(13-3-2-6-23-13)7-14(19)16-8-10-4-5-12(22-10)15(20)21/h2-6,11H,7-8H2,1H3,(H,16,19)(H,17,18)(H,20,21). The Labute approximate surface area is 136 Å². The van der Waals surface area contributed by atoms with Crippen LogP contribution in [0.4, 0.5) is 0 Å². The number of hydrogen-bond donors (Lipinski definition) is 3. The third-order valence-corrected chi connectivity index (χ3v) is 3.97. The Bertz CT molecular complexity index is 693. The van der Waals surface area contributed by atoms with Crippen LogP contribution in [-0.2, 0) is 16.1 Å². The van der Waals surface area contributed by atoms with Gasteiger partial charge in [0.1, 0.15) is 5.76 Å². The van der Waals surface area contributed by atoms with Crippen LogP contribution in [0.3, 0.4) is 0 Å². The zero-order chi connectivity index (χ0) is 16.8. The van der Waals surface area contributed by atoms with E-state index < -0.39 is 12.0 Å². The third-order valence-electron chi connectivity index (χ3n) is 2.99. The molecule has 2 aromatic rings. The lowest BCUT2D eigenvalue weighted by Gasteiger charge is -2.16. The monoisotopic (exact) mass is 336 g/mol. The fraction of sp³-hybridized carbons (Fsp3) is 0.267. The van der Waals surface area contributed by atoms with Crippen molar-refractivity contribution in [2.75, 3.05) is 0 Å². The van der Waals surface area contributed by atoms with Gasteiger partial charge in [0.05, 0.1) is 19.0 Å². The molecule has 0 bridgehead atoms. The molecule has 2 aromatic heterocycles. The summed E-state index contributed by atoms with van der Waals surface area (Å²) < 4.78 is 5.06. The average Bonchev–Trinajstić information content (AvgIpc) is 3.15. The molecule has 0 saturated carbocycles.